The first-order chi connectivity index (χ1) is 27.8. The average Bonchev–Trinajstić information content (AvgIpc) is 3.54. The number of fused-ring (bicyclic) bond motifs is 5. The minimum atomic E-state index is -1.95. The van der Waals surface area contributed by atoms with Gasteiger partial charge in [-0.25, -0.2) is 19.0 Å². The SMILES string of the molecule is CC[C@@]1(O)C(=O)OCc2c1cc1n(c2=O)Cc2c-1nc1cc(F)c(OC)cc1c2CN1CCC([N+](C)(C)Cc2ccc(NC(=O)C(C)NC(=O)OC(C)(C)C)cc2)CC1.[Cl-]. The van der Waals surface area contributed by atoms with Crippen molar-refractivity contribution >= 4 is 34.6 Å². The number of hydrogen-bond donors (Lipinski definition) is 3. The van der Waals surface area contributed by atoms with Crippen LogP contribution in [0.15, 0.2) is 47.3 Å². The van der Waals surface area contributed by atoms with Crippen molar-refractivity contribution in [3.63, 3.8) is 0 Å². The molecule has 0 bridgehead atoms. The first-order valence-electron chi connectivity index (χ1n) is 20.1. The number of anilines is 1. The number of hydrogen-bond acceptors (Lipinski definition) is 10. The molecule has 0 aliphatic carbocycles. The molecule has 2 amide bonds. The van der Waals surface area contributed by atoms with Crippen molar-refractivity contribution in [1.29, 1.82) is 0 Å². The summed E-state index contributed by atoms with van der Waals surface area (Å²) in [6.45, 7) is 11.5. The Kier molecular flexibility index (Phi) is 12.4. The Hall–Kier alpha value is -5.09. The number of cyclic esters (lactones) is 1. The van der Waals surface area contributed by atoms with Crippen LogP contribution in [0.25, 0.3) is 22.3 Å². The van der Waals surface area contributed by atoms with E-state index in [0.717, 1.165) is 59.0 Å². The maximum atomic E-state index is 15.2. The van der Waals surface area contributed by atoms with E-state index in [-0.39, 0.29) is 60.3 Å². The molecule has 0 saturated carbocycles. The summed E-state index contributed by atoms with van der Waals surface area (Å²) in [7, 11) is 5.89. The van der Waals surface area contributed by atoms with Gasteiger partial charge in [-0.15, -0.1) is 0 Å². The molecule has 1 unspecified atom stereocenters. The number of rotatable bonds is 10. The summed E-state index contributed by atoms with van der Waals surface area (Å²) < 4.78 is 33.4. The number of halogens is 2. The molecule has 3 N–H and O–H groups in total. The lowest BCUT2D eigenvalue weighted by atomic mass is 9.86. The molecule has 2 aromatic heterocycles. The normalized spacial score (nSPS) is 18.4. The lowest BCUT2D eigenvalue weighted by Gasteiger charge is -2.43. The number of nitrogens with one attached hydrogen (secondary N) is 2. The monoisotopic (exact) mass is 848 g/mol. The quantitative estimate of drug-likeness (QED) is 0.141. The van der Waals surface area contributed by atoms with Gasteiger partial charge in [0.2, 0.25) is 5.91 Å². The van der Waals surface area contributed by atoms with Gasteiger partial charge in [0.15, 0.2) is 17.2 Å². The van der Waals surface area contributed by atoms with Crippen LogP contribution in [0.1, 0.15) is 81.7 Å². The van der Waals surface area contributed by atoms with E-state index in [0.29, 0.717) is 35.2 Å². The number of piperidine rings is 1. The van der Waals surface area contributed by atoms with Crippen LogP contribution in [0, 0.1) is 5.82 Å². The van der Waals surface area contributed by atoms with Crippen LogP contribution < -0.4 is 33.3 Å². The molecule has 60 heavy (non-hydrogen) atoms. The van der Waals surface area contributed by atoms with E-state index in [4.69, 9.17) is 19.2 Å². The number of pyridine rings is 2. The molecule has 1 fully saturated rings. The van der Waals surface area contributed by atoms with Crippen LogP contribution in [0.3, 0.4) is 0 Å². The number of quaternary nitrogens is 1. The van der Waals surface area contributed by atoms with Crippen molar-refractivity contribution in [1.82, 2.24) is 19.8 Å². The maximum Gasteiger partial charge on any atom is 0.408 e. The Morgan fingerprint density at radius 2 is 1.78 bits per heavy atom. The summed E-state index contributed by atoms with van der Waals surface area (Å²) in [5.41, 5.74) is 2.45. The summed E-state index contributed by atoms with van der Waals surface area (Å²) in [6, 6.07) is 12.1. The zero-order valence-electron chi connectivity index (χ0n) is 35.4. The minimum Gasteiger partial charge on any atom is -1.00 e. The number of aromatic nitrogens is 2. The Balaban J connectivity index is 0.00000604. The molecular formula is C44H54ClFN6O8. The van der Waals surface area contributed by atoms with Crippen molar-refractivity contribution in [2.45, 2.75) is 103 Å². The first-order valence-corrected chi connectivity index (χ1v) is 20.1. The van der Waals surface area contributed by atoms with Crippen molar-refractivity contribution < 1.29 is 55.0 Å². The van der Waals surface area contributed by atoms with E-state index in [1.54, 1.807) is 51.3 Å². The predicted molar refractivity (Wildman–Crippen MR) is 219 cm³/mol. The molecule has 3 aliphatic heterocycles. The third kappa shape index (κ3) is 8.58. The number of methoxy groups -OCH3 is 1. The van der Waals surface area contributed by atoms with Crippen LogP contribution in [-0.2, 0) is 50.9 Å². The highest BCUT2D eigenvalue weighted by Crippen LogP contribution is 2.42. The Labute approximate surface area is 355 Å². The zero-order valence-corrected chi connectivity index (χ0v) is 36.2. The van der Waals surface area contributed by atoms with Gasteiger partial charge in [-0.3, -0.25) is 14.5 Å². The number of likely N-dealkylation sites (tertiary alicyclic amines) is 1. The van der Waals surface area contributed by atoms with Gasteiger partial charge in [0, 0.05) is 66.3 Å². The number of carbonyl (C=O) groups is 3. The Bertz CT molecular complexity index is 2390. The molecule has 0 spiro atoms. The van der Waals surface area contributed by atoms with E-state index in [1.165, 1.54) is 13.2 Å². The molecule has 4 aromatic rings. The highest BCUT2D eigenvalue weighted by molar-refractivity contribution is 5.96. The number of amides is 2. The molecule has 322 valence electrons. The summed E-state index contributed by atoms with van der Waals surface area (Å²) in [4.78, 5) is 58.8. The van der Waals surface area contributed by atoms with Crippen molar-refractivity contribution in [3.8, 4) is 17.1 Å². The maximum absolute atomic E-state index is 15.2. The molecule has 3 aliphatic rings. The fourth-order valence-electron chi connectivity index (χ4n) is 8.59. The molecule has 2 aromatic carbocycles. The lowest BCUT2D eigenvalue weighted by molar-refractivity contribution is -0.929. The molecule has 5 heterocycles. The van der Waals surface area contributed by atoms with E-state index < -0.39 is 35.1 Å². The van der Waals surface area contributed by atoms with Crippen molar-refractivity contribution in [2.24, 2.45) is 0 Å². The summed E-state index contributed by atoms with van der Waals surface area (Å²) in [6.07, 6.45) is 1.25. The molecule has 0 radical (unpaired) electrons. The molecule has 2 atom stereocenters. The van der Waals surface area contributed by atoms with Crippen LogP contribution in [-0.4, -0.2) is 94.0 Å². The standard InChI is InChI=1S/C44H53FN6O8.ClH/c1-9-44(56)33-19-36-38-31(22-50(36)40(53)32(33)24-58-41(44)54)30(29-18-37(57-8)34(45)20-35(29)48-38)21-49-16-14-28(15-17-49)51(6,7)23-26-10-12-27(13-11-26)47-39(52)25(2)46-42(55)59-43(3,4)5;/h10-13,18-20,25,28,56H,9,14-17,21-24H2,1-8H3,(H-,46,47,52,55);1H/t25?,44-;/m0./s1. The zero-order chi connectivity index (χ0) is 42.6. The van der Waals surface area contributed by atoms with E-state index in [1.807, 2.05) is 24.3 Å². The number of ether oxygens (including phenoxy) is 3. The molecule has 7 rings (SSSR count). The summed E-state index contributed by atoms with van der Waals surface area (Å²) in [5.74, 6) is -1.59. The molecule has 14 nitrogen and oxygen atoms in total. The second-order valence-corrected chi connectivity index (χ2v) is 17.5. The minimum absolute atomic E-state index is 0. The van der Waals surface area contributed by atoms with Crippen LogP contribution in [0.5, 0.6) is 5.75 Å². The molecular weight excluding hydrogens is 795 g/mol. The molecule has 16 heteroatoms. The third-order valence-electron chi connectivity index (χ3n) is 11.9. The molecule has 1 saturated heterocycles. The van der Waals surface area contributed by atoms with Gasteiger partial charge in [0.05, 0.1) is 56.3 Å². The van der Waals surface area contributed by atoms with Crippen molar-refractivity contribution in [2.75, 3.05) is 39.6 Å². The Morgan fingerprint density at radius 1 is 1.10 bits per heavy atom. The van der Waals surface area contributed by atoms with Gasteiger partial charge in [-0.2, -0.15) is 0 Å². The van der Waals surface area contributed by atoms with Crippen LogP contribution in [0.4, 0.5) is 14.9 Å². The number of esters is 1. The van der Waals surface area contributed by atoms with Gasteiger partial charge in [0.25, 0.3) is 5.56 Å². The highest BCUT2D eigenvalue weighted by Gasteiger charge is 2.45. The predicted octanol–water partition coefficient (Wildman–Crippen LogP) is 2.32. The highest BCUT2D eigenvalue weighted by atomic mass is 35.5. The van der Waals surface area contributed by atoms with Gasteiger partial charge in [0.1, 0.15) is 24.8 Å². The number of alkyl carbamates (subject to hydrolysis) is 1. The average molecular weight is 849 g/mol. The van der Waals surface area contributed by atoms with Gasteiger partial charge >= 0.3 is 12.1 Å². The largest absolute Gasteiger partial charge is 1.00 e. The number of aliphatic hydroxyl groups is 1. The topological polar surface area (TPSA) is 161 Å². The van der Waals surface area contributed by atoms with Gasteiger partial charge in [-0.05, 0) is 63.9 Å². The number of carbonyl (C=O) groups excluding carboxylic acids is 3. The fourth-order valence-corrected chi connectivity index (χ4v) is 8.59. The number of nitrogens with zero attached hydrogens (tertiary/aromatic N) is 4. The smallest absolute Gasteiger partial charge is 0.408 e. The lowest BCUT2D eigenvalue weighted by Crippen LogP contribution is -3.00. The first kappa shape index (κ1) is 44.5. The third-order valence-corrected chi connectivity index (χ3v) is 11.9. The van der Waals surface area contributed by atoms with E-state index in [2.05, 4.69) is 29.6 Å². The Morgan fingerprint density at radius 3 is 2.42 bits per heavy atom. The van der Waals surface area contributed by atoms with Gasteiger partial charge < -0.3 is 51.4 Å². The summed E-state index contributed by atoms with van der Waals surface area (Å²) in [5, 5.41) is 17.5. The number of benzene rings is 2. The van der Waals surface area contributed by atoms with Crippen LogP contribution >= 0.6 is 0 Å². The second-order valence-electron chi connectivity index (χ2n) is 17.5. The van der Waals surface area contributed by atoms with Crippen molar-refractivity contribution in [3.05, 3.63) is 86.5 Å². The van der Waals surface area contributed by atoms with Gasteiger partial charge in [-0.1, -0.05) is 19.1 Å². The second kappa shape index (κ2) is 16.8. The fraction of sp³-hybridized carbons (Fsp3) is 0.477. The summed E-state index contributed by atoms with van der Waals surface area (Å²) >= 11 is 0. The van der Waals surface area contributed by atoms with E-state index in [9.17, 15) is 24.3 Å². The van der Waals surface area contributed by atoms with Crippen LogP contribution in [0.2, 0.25) is 0 Å². The van der Waals surface area contributed by atoms with E-state index >= 15 is 4.39 Å².